The average molecular weight is 277 g/mol. The molecule has 0 saturated carbocycles. The van der Waals surface area contributed by atoms with Crippen LogP contribution < -0.4 is 5.32 Å². The summed E-state index contributed by atoms with van der Waals surface area (Å²) in [4.78, 5) is 0. The van der Waals surface area contributed by atoms with Crippen molar-refractivity contribution in [3.63, 3.8) is 0 Å². The normalized spacial score (nSPS) is 21.8. The summed E-state index contributed by atoms with van der Waals surface area (Å²) in [5, 5.41) is 3.07. The van der Waals surface area contributed by atoms with Crippen LogP contribution >= 0.6 is 0 Å². The first-order valence-electron chi connectivity index (χ1n) is 6.97. The van der Waals surface area contributed by atoms with Crippen LogP contribution in [-0.2, 0) is 23.7 Å². The molecule has 1 fully saturated rings. The van der Waals surface area contributed by atoms with Gasteiger partial charge in [-0.1, -0.05) is 6.92 Å². The number of rotatable bonds is 14. The van der Waals surface area contributed by atoms with Crippen molar-refractivity contribution in [1.29, 1.82) is 0 Å². The fourth-order valence-electron chi connectivity index (χ4n) is 1.43. The molecule has 6 heteroatoms. The predicted octanol–water partition coefficient (Wildman–Crippen LogP) is 0.409. The molecule has 0 aliphatic carbocycles. The van der Waals surface area contributed by atoms with Gasteiger partial charge in [-0.25, -0.2) is 0 Å². The van der Waals surface area contributed by atoms with Crippen LogP contribution in [0.5, 0.6) is 0 Å². The molecule has 0 bridgehead atoms. The van der Waals surface area contributed by atoms with E-state index in [1.54, 1.807) is 0 Å². The molecule has 0 radical (unpaired) electrons. The Kier molecular flexibility index (Phi) is 9.32. The van der Waals surface area contributed by atoms with Gasteiger partial charge >= 0.3 is 0 Å². The second kappa shape index (κ2) is 10.5. The molecule has 0 spiro atoms. The maximum Gasteiger partial charge on any atom is 0.166 e. The molecular formula is C13H27NO5. The van der Waals surface area contributed by atoms with E-state index < -0.39 is 0 Å². The SMILES string of the molecule is CCCOCCOCCOCCOCC1(NC)CO1. The molecule has 1 aliphatic rings. The summed E-state index contributed by atoms with van der Waals surface area (Å²) in [6, 6.07) is 0. The summed E-state index contributed by atoms with van der Waals surface area (Å²) in [6.07, 6.45) is 1.04. The molecule has 1 unspecified atom stereocenters. The second-order valence-electron chi connectivity index (χ2n) is 4.42. The number of ether oxygens (including phenoxy) is 5. The number of epoxide rings is 1. The monoisotopic (exact) mass is 277 g/mol. The van der Waals surface area contributed by atoms with Crippen LogP contribution in [0.15, 0.2) is 0 Å². The molecule has 6 nitrogen and oxygen atoms in total. The molecule has 0 amide bonds. The van der Waals surface area contributed by atoms with Crippen molar-refractivity contribution in [2.75, 3.05) is 66.5 Å². The zero-order valence-corrected chi connectivity index (χ0v) is 12.1. The molecule has 1 saturated heterocycles. The van der Waals surface area contributed by atoms with Gasteiger partial charge in [0.1, 0.15) is 0 Å². The van der Waals surface area contributed by atoms with Crippen LogP contribution in [0.2, 0.25) is 0 Å². The number of hydrogen-bond donors (Lipinski definition) is 1. The molecule has 1 atom stereocenters. The van der Waals surface area contributed by atoms with Gasteiger partial charge in [0.15, 0.2) is 5.72 Å². The zero-order chi connectivity index (χ0) is 13.8. The van der Waals surface area contributed by atoms with E-state index in [0.29, 0.717) is 46.2 Å². The maximum absolute atomic E-state index is 5.45. The molecule has 0 aromatic carbocycles. The highest BCUT2D eigenvalue weighted by molar-refractivity contribution is 4.87. The molecular weight excluding hydrogens is 250 g/mol. The maximum atomic E-state index is 5.45. The summed E-state index contributed by atoms with van der Waals surface area (Å²) >= 11 is 0. The van der Waals surface area contributed by atoms with Gasteiger partial charge in [-0.2, -0.15) is 0 Å². The average Bonchev–Trinajstić information content (AvgIpc) is 3.21. The lowest BCUT2D eigenvalue weighted by Crippen LogP contribution is -2.34. The Labute approximate surface area is 115 Å². The molecule has 1 N–H and O–H groups in total. The molecule has 1 heterocycles. The highest BCUT2D eigenvalue weighted by Crippen LogP contribution is 2.22. The summed E-state index contributed by atoms with van der Waals surface area (Å²) in [5.74, 6) is 0. The van der Waals surface area contributed by atoms with Crippen molar-refractivity contribution in [1.82, 2.24) is 5.32 Å². The number of likely N-dealkylation sites (N-methyl/N-ethyl adjacent to an activating group) is 1. The minimum atomic E-state index is -0.235. The van der Waals surface area contributed by atoms with E-state index in [1.807, 2.05) is 7.05 Å². The van der Waals surface area contributed by atoms with Crippen molar-refractivity contribution >= 4 is 0 Å². The van der Waals surface area contributed by atoms with Gasteiger partial charge in [0.2, 0.25) is 0 Å². The zero-order valence-electron chi connectivity index (χ0n) is 12.1. The van der Waals surface area contributed by atoms with E-state index >= 15 is 0 Å². The Bertz CT molecular complexity index is 211. The summed E-state index contributed by atoms with van der Waals surface area (Å²) in [7, 11) is 1.87. The third-order valence-corrected chi connectivity index (χ3v) is 2.75. The van der Waals surface area contributed by atoms with Crippen LogP contribution in [0.1, 0.15) is 13.3 Å². The quantitative estimate of drug-likeness (QED) is 0.366. The third-order valence-electron chi connectivity index (χ3n) is 2.75. The van der Waals surface area contributed by atoms with Crippen LogP contribution in [0.25, 0.3) is 0 Å². The summed E-state index contributed by atoms with van der Waals surface area (Å²) in [6.45, 7) is 7.80. The fourth-order valence-corrected chi connectivity index (χ4v) is 1.43. The Morgan fingerprint density at radius 1 is 0.895 bits per heavy atom. The third kappa shape index (κ3) is 8.52. The van der Waals surface area contributed by atoms with E-state index in [-0.39, 0.29) is 5.72 Å². The van der Waals surface area contributed by atoms with E-state index in [0.717, 1.165) is 19.6 Å². The van der Waals surface area contributed by atoms with Crippen molar-refractivity contribution < 1.29 is 23.7 Å². The molecule has 1 rings (SSSR count). The fraction of sp³-hybridized carbons (Fsp3) is 1.00. The minimum Gasteiger partial charge on any atom is -0.379 e. The molecule has 114 valence electrons. The minimum absolute atomic E-state index is 0.235. The van der Waals surface area contributed by atoms with Gasteiger partial charge in [0.05, 0.1) is 52.9 Å². The topological polar surface area (TPSA) is 61.5 Å². The van der Waals surface area contributed by atoms with Crippen molar-refractivity contribution in [3.8, 4) is 0 Å². The van der Waals surface area contributed by atoms with Crippen LogP contribution in [-0.4, -0.2) is 72.2 Å². The molecule has 0 aromatic rings. The van der Waals surface area contributed by atoms with Gasteiger partial charge < -0.3 is 23.7 Å². The van der Waals surface area contributed by atoms with Crippen molar-refractivity contribution in [2.45, 2.75) is 19.1 Å². The van der Waals surface area contributed by atoms with E-state index in [4.69, 9.17) is 23.7 Å². The molecule has 19 heavy (non-hydrogen) atoms. The highest BCUT2D eigenvalue weighted by Gasteiger charge is 2.43. The van der Waals surface area contributed by atoms with Gasteiger partial charge in [0, 0.05) is 6.61 Å². The molecule has 1 aliphatic heterocycles. The predicted molar refractivity (Wildman–Crippen MR) is 71.3 cm³/mol. The first-order chi connectivity index (χ1) is 9.33. The number of nitrogens with one attached hydrogen (secondary N) is 1. The van der Waals surface area contributed by atoms with Crippen molar-refractivity contribution in [2.24, 2.45) is 0 Å². The standard InChI is InChI=1S/C13H27NO5/c1-3-4-15-5-6-16-7-8-17-9-10-18-11-13(14-2)12-19-13/h14H,3-12H2,1-2H3. The largest absolute Gasteiger partial charge is 0.379 e. The summed E-state index contributed by atoms with van der Waals surface area (Å²) < 4.78 is 26.7. The Morgan fingerprint density at radius 2 is 1.37 bits per heavy atom. The van der Waals surface area contributed by atoms with Crippen LogP contribution in [0.3, 0.4) is 0 Å². The molecule has 0 aromatic heterocycles. The van der Waals surface area contributed by atoms with Crippen LogP contribution in [0, 0.1) is 0 Å². The van der Waals surface area contributed by atoms with Crippen molar-refractivity contribution in [3.05, 3.63) is 0 Å². The van der Waals surface area contributed by atoms with E-state index in [9.17, 15) is 0 Å². The highest BCUT2D eigenvalue weighted by atomic mass is 16.6. The lowest BCUT2D eigenvalue weighted by molar-refractivity contribution is -0.0102. The van der Waals surface area contributed by atoms with Gasteiger partial charge in [-0.3, -0.25) is 5.32 Å². The van der Waals surface area contributed by atoms with Gasteiger partial charge in [-0.15, -0.1) is 0 Å². The van der Waals surface area contributed by atoms with E-state index in [2.05, 4.69) is 12.2 Å². The number of hydrogen-bond acceptors (Lipinski definition) is 6. The Hall–Kier alpha value is -0.240. The lowest BCUT2D eigenvalue weighted by atomic mass is 10.4. The van der Waals surface area contributed by atoms with Gasteiger partial charge in [-0.05, 0) is 13.5 Å². The Morgan fingerprint density at radius 3 is 1.79 bits per heavy atom. The first-order valence-corrected chi connectivity index (χ1v) is 6.97. The first kappa shape index (κ1) is 16.8. The smallest absolute Gasteiger partial charge is 0.166 e. The second-order valence-corrected chi connectivity index (χ2v) is 4.42. The van der Waals surface area contributed by atoms with E-state index in [1.165, 1.54) is 0 Å². The van der Waals surface area contributed by atoms with Gasteiger partial charge in [0.25, 0.3) is 0 Å². The lowest BCUT2D eigenvalue weighted by Gasteiger charge is -2.11. The summed E-state index contributed by atoms with van der Waals surface area (Å²) in [5.41, 5.74) is -0.235. The Balaban J connectivity index is 1.70. The van der Waals surface area contributed by atoms with Crippen LogP contribution in [0.4, 0.5) is 0 Å².